The topological polar surface area (TPSA) is 96.6 Å². The van der Waals surface area contributed by atoms with Gasteiger partial charge in [0, 0.05) is 50.2 Å². The SMILES string of the molecule is COCc1cccc(-c2ocnc2CN2CCNC3(CCN(c4nc(C)cc(C)n4)CC3)C2=O)c1. The smallest absolute Gasteiger partial charge is 0.243 e. The molecule has 1 N–H and O–H groups in total. The fourth-order valence-electron chi connectivity index (χ4n) is 5.16. The summed E-state index contributed by atoms with van der Waals surface area (Å²) < 4.78 is 11.0. The monoisotopic (exact) mass is 476 g/mol. The van der Waals surface area contributed by atoms with Crippen LogP contribution in [0.15, 0.2) is 41.1 Å². The van der Waals surface area contributed by atoms with Crippen molar-refractivity contribution in [2.45, 2.75) is 45.4 Å². The average molecular weight is 477 g/mol. The van der Waals surface area contributed by atoms with Gasteiger partial charge in [-0.1, -0.05) is 18.2 Å². The molecule has 2 aliphatic heterocycles. The third-order valence-corrected chi connectivity index (χ3v) is 6.89. The second kappa shape index (κ2) is 9.75. The molecule has 0 bridgehead atoms. The average Bonchev–Trinajstić information content (AvgIpc) is 3.31. The van der Waals surface area contributed by atoms with Gasteiger partial charge < -0.3 is 24.3 Å². The van der Waals surface area contributed by atoms with Crippen LogP contribution in [0.3, 0.4) is 0 Å². The van der Waals surface area contributed by atoms with Gasteiger partial charge in [-0.15, -0.1) is 0 Å². The van der Waals surface area contributed by atoms with Gasteiger partial charge in [-0.25, -0.2) is 15.0 Å². The van der Waals surface area contributed by atoms with E-state index in [1.807, 2.05) is 49.1 Å². The Labute approximate surface area is 205 Å². The minimum Gasteiger partial charge on any atom is -0.443 e. The van der Waals surface area contributed by atoms with Crippen LogP contribution in [0.5, 0.6) is 0 Å². The lowest BCUT2D eigenvalue weighted by atomic mass is 9.84. The lowest BCUT2D eigenvalue weighted by Gasteiger charge is -2.46. The van der Waals surface area contributed by atoms with Gasteiger partial charge in [0.15, 0.2) is 12.2 Å². The summed E-state index contributed by atoms with van der Waals surface area (Å²) in [6.07, 6.45) is 2.88. The number of aryl methyl sites for hydroxylation is 2. The van der Waals surface area contributed by atoms with Crippen LogP contribution in [0.25, 0.3) is 11.3 Å². The molecule has 2 fully saturated rings. The maximum absolute atomic E-state index is 13.7. The minimum atomic E-state index is -0.560. The Hall–Kier alpha value is -3.30. The van der Waals surface area contributed by atoms with Crippen molar-refractivity contribution in [2.75, 3.05) is 38.2 Å². The molecule has 2 aliphatic rings. The van der Waals surface area contributed by atoms with Gasteiger partial charge in [0.05, 0.1) is 13.2 Å². The Morgan fingerprint density at radius 3 is 2.63 bits per heavy atom. The summed E-state index contributed by atoms with van der Waals surface area (Å²) >= 11 is 0. The summed E-state index contributed by atoms with van der Waals surface area (Å²) in [5.74, 6) is 1.58. The lowest BCUT2D eigenvalue weighted by Crippen LogP contribution is -2.67. The van der Waals surface area contributed by atoms with E-state index in [-0.39, 0.29) is 5.91 Å². The number of oxazole rings is 1. The number of hydrogen-bond acceptors (Lipinski definition) is 8. The standard InChI is InChI=1S/C26H32N6O3/c1-18-13-19(2)30-25(29-18)31-10-7-26(8-11-31)24(33)32(12-9-28-26)15-22-23(35-17-27-22)21-6-4-5-20(14-21)16-34-3/h4-6,13-14,17,28H,7-12,15-16H2,1-3H3. The summed E-state index contributed by atoms with van der Waals surface area (Å²) in [5.41, 5.74) is 4.13. The van der Waals surface area contributed by atoms with E-state index in [1.54, 1.807) is 7.11 Å². The summed E-state index contributed by atoms with van der Waals surface area (Å²) in [5, 5.41) is 3.54. The highest BCUT2D eigenvalue weighted by molar-refractivity contribution is 5.87. The zero-order valence-corrected chi connectivity index (χ0v) is 20.6. The van der Waals surface area contributed by atoms with E-state index in [2.05, 4.69) is 25.2 Å². The highest BCUT2D eigenvalue weighted by Crippen LogP contribution is 2.31. The summed E-state index contributed by atoms with van der Waals surface area (Å²) in [4.78, 5) is 31.5. The normalized spacial score (nSPS) is 17.9. The number of ether oxygens (including phenoxy) is 1. The number of amides is 1. The first kappa shape index (κ1) is 23.4. The fraction of sp³-hybridized carbons (Fsp3) is 0.462. The van der Waals surface area contributed by atoms with Crippen LogP contribution in [0.4, 0.5) is 5.95 Å². The van der Waals surface area contributed by atoms with E-state index < -0.39 is 5.54 Å². The molecule has 1 amide bonds. The molecule has 184 valence electrons. The highest BCUT2D eigenvalue weighted by Gasteiger charge is 2.46. The number of rotatable bonds is 6. The first-order chi connectivity index (χ1) is 17.0. The molecule has 4 heterocycles. The van der Waals surface area contributed by atoms with E-state index in [9.17, 15) is 4.79 Å². The molecule has 1 aromatic carbocycles. The zero-order chi connectivity index (χ0) is 24.4. The summed E-state index contributed by atoms with van der Waals surface area (Å²) in [7, 11) is 1.68. The summed E-state index contributed by atoms with van der Waals surface area (Å²) in [6.45, 7) is 7.78. The Morgan fingerprint density at radius 1 is 1.11 bits per heavy atom. The van der Waals surface area contributed by atoms with Crippen molar-refractivity contribution >= 4 is 11.9 Å². The molecule has 9 nitrogen and oxygen atoms in total. The summed E-state index contributed by atoms with van der Waals surface area (Å²) in [6, 6.07) is 10.0. The van der Waals surface area contributed by atoms with Crippen molar-refractivity contribution < 1.29 is 13.9 Å². The van der Waals surface area contributed by atoms with E-state index in [1.165, 1.54) is 6.39 Å². The van der Waals surface area contributed by atoms with Crippen molar-refractivity contribution in [3.8, 4) is 11.3 Å². The second-order valence-electron chi connectivity index (χ2n) is 9.43. The number of hydrogen-bond donors (Lipinski definition) is 1. The Kier molecular flexibility index (Phi) is 6.53. The minimum absolute atomic E-state index is 0.131. The second-order valence-corrected chi connectivity index (χ2v) is 9.43. The van der Waals surface area contributed by atoms with E-state index in [0.29, 0.717) is 38.3 Å². The molecule has 3 aromatic rings. The Bertz CT molecular complexity index is 1180. The van der Waals surface area contributed by atoms with E-state index in [0.717, 1.165) is 53.8 Å². The molecule has 0 radical (unpaired) electrons. The quantitative estimate of drug-likeness (QED) is 0.580. The van der Waals surface area contributed by atoms with Crippen LogP contribution >= 0.6 is 0 Å². The van der Waals surface area contributed by atoms with Crippen LogP contribution in [0, 0.1) is 13.8 Å². The third kappa shape index (κ3) is 4.78. The van der Waals surface area contributed by atoms with Gasteiger partial charge >= 0.3 is 0 Å². The molecule has 0 atom stereocenters. The Morgan fingerprint density at radius 2 is 1.89 bits per heavy atom. The van der Waals surface area contributed by atoms with Crippen molar-refractivity contribution in [1.82, 2.24) is 25.2 Å². The number of piperazine rings is 1. The molecule has 5 rings (SSSR count). The number of methoxy groups -OCH3 is 1. The zero-order valence-electron chi connectivity index (χ0n) is 20.6. The highest BCUT2D eigenvalue weighted by atomic mass is 16.5. The van der Waals surface area contributed by atoms with E-state index in [4.69, 9.17) is 9.15 Å². The first-order valence-corrected chi connectivity index (χ1v) is 12.1. The van der Waals surface area contributed by atoms with Crippen molar-refractivity contribution in [1.29, 1.82) is 0 Å². The van der Waals surface area contributed by atoms with Gasteiger partial charge in [0.1, 0.15) is 11.2 Å². The predicted molar refractivity (Wildman–Crippen MR) is 132 cm³/mol. The molecule has 35 heavy (non-hydrogen) atoms. The maximum atomic E-state index is 13.7. The molecule has 1 spiro atoms. The van der Waals surface area contributed by atoms with Crippen LogP contribution in [0.1, 0.15) is 35.5 Å². The van der Waals surface area contributed by atoms with Gasteiger partial charge in [-0.05, 0) is 44.4 Å². The van der Waals surface area contributed by atoms with Gasteiger partial charge in [0.25, 0.3) is 0 Å². The van der Waals surface area contributed by atoms with Crippen molar-refractivity contribution in [2.24, 2.45) is 0 Å². The van der Waals surface area contributed by atoms with Crippen LogP contribution in [-0.4, -0.2) is 64.6 Å². The largest absolute Gasteiger partial charge is 0.443 e. The predicted octanol–water partition coefficient (Wildman–Crippen LogP) is 2.87. The van der Waals surface area contributed by atoms with Gasteiger partial charge in [0.2, 0.25) is 11.9 Å². The van der Waals surface area contributed by atoms with Crippen LogP contribution in [0.2, 0.25) is 0 Å². The lowest BCUT2D eigenvalue weighted by molar-refractivity contribution is -0.143. The fourth-order valence-corrected chi connectivity index (χ4v) is 5.16. The first-order valence-electron chi connectivity index (χ1n) is 12.1. The molecule has 0 saturated carbocycles. The number of anilines is 1. The maximum Gasteiger partial charge on any atom is 0.243 e. The van der Waals surface area contributed by atoms with Gasteiger partial charge in [-0.3, -0.25) is 4.79 Å². The van der Waals surface area contributed by atoms with Crippen LogP contribution in [-0.2, 0) is 22.7 Å². The van der Waals surface area contributed by atoms with E-state index >= 15 is 0 Å². The Balaban J connectivity index is 1.29. The molecular weight excluding hydrogens is 444 g/mol. The number of carbonyl (C=O) groups excluding carboxylic acids is 1. The number of carbonyl (C=O) groups is 1. The number of aromatic nitrogens is 3. The molecule has 2 aromatic heterocycles. The molecule has 0 aliphatic carbocycles. The van der Waals surface area contributed by atoms with Crippen molar-refractivity contribution in [3.63, 3.8) is 0 Å². The number of nitrogens with one attached hydrogen (secondary N) is 1. The third-order valence-electron chi connectivity index (χ3n) is 6.89. The molecular formula is C26H32N6O3. The molecule has 0 unspecified atom stereocenters. The molecule has 9 heteroatoms. The van der Waals surface area contributed by atoms with Crippen LogP contribution < -0.4 is 10.2 Å². The van der Waals surface area contributed by atoms with Gasteiger partial charge in [-0.2, -0.15) is 0 Å². The molecule has 2 saturated heterocycles. The number of nitrogens with zero attached hydrogens (tertiary/aromatic N) is 5. The number of benzene rings is 1. The van der Waals surface area contributed by atoms with Crippen molar-refractivity contribution in [3.05, 3.63) is 59.4 Å². The number of piperidine rings is 1.